The summed E-state index contributed by atoms with van der Waals surface area (Å²) in [4.78, 5) is 12.1. The van der Waals surface area contributed by atoms with Gasteiger partial charge in [0.2, 0.25) is 0 Å². The first-order valence-corrected chi connectivity index (χ1v) is 12.0. The molecule has 0 bridgehead atoms. The number of carbonyl (C=O) groups excluding carboxylic acids is 1. The van der Waals surface area contributed by atoms with E-state index in [1.807, 2.05) is 48.1 Å². The monoisotopic (exact) mass is 559 g/mol. The number of aryl methyl sites for hydroxylation is 1. The molecule has 6 N–H and O–H groups in total. The summed E-state index contributed by atoms with van der Waals surface area (Å²) in [7, 11) is 0. The Morgan fingerprint density at radius 3 is 2.23 bits per heavy atom. The average Bonchev–Trinajstić information content (AvgIpc) is 2.86. The van der Waals surface area contributed by atoms with Crippen LogP contribution in [-0.4, -0.2) is 36.7 Å². The van der Waals surface area contributed by atoms with Gasteiger partial charge in [-0.15, -0.1) is 5.10 Å². The number of hydrogen-bond donors (Lipinski definition) is 4. The fourth-order valence-electron chi connectivity index (χ4n) is 3.65. The van der Waals surface area contributed by atoms with Gasteiger partial charge < -0.3 is 15.8 Å². The summed E-state index contributed by atoms with van der Waals surface area (Å²) in [6, 6.07) is 14.0. The Hall–Kier alpha value is -3.74. The Balaban J connectivity index is 0.000000293. The zero-order valence-corrected chi connectivity index (χ0v) is 21.2. The minimum absolute atomic E-state index is 0.118. The molecule has 1 amide bonds. The van der Waals surface area contributed by atoms with Crippen LogP contribution in [0.3, 0.4) is 0 Å². The molecule has 2 aromatic rings. The lowest BCUT2D eigenvalue weighted by atomic mass is 9.88. The number of nitrogens with zero attached hydrogens (tertiary/aromatic N) is 1. The van der Waals surface area contributed by atoms with E-state index >= 15 is 0 Å². The second kappa shape index (κ2) is 14.4. The van der Waals surface area contributed by atoms with Gasteiger partial charge in [0.05, 0.1) is 12.2 Å². The van der Waals surface area contributed by atoms with Crippen LogP contribution in [0.15, 0.2) is 65.3 Å². The molecular weight excluding hydrogens is 528 g/mol. The van der Waals surface area contributed by atoms with Gasteiger partial charge in [-0.1, -0.05) is 48.0 Å². The highest BCUT2D eigenvalue weighted by Crippen LogP contribution is 2.34. The summed E-state index contributed by atoms with van der Waals surface area (Å²) in [5.41, 5.74) is 9.07. The molecule has 0 saturated heterocycles. The number of nitrogens with two attached hydrogens (primary N) is 2. The molecule has 0 saturated carbocycles. The van der Waals surface area contributed by atoms with E-state index in [4.69, 9.17) is 16.3 Å². The zero-order chi connectivity index (χ0) is 29.1. The second-order valence-corrected chi connectivity index (χ2v) is 8.70. The number of nitrogens with one attached hydrogen (secondary N) is 2. The number of rotatable bonds is 9. The number of hydrogen-bond acceptors (Lipinski definition) is 5. The Kier molecular flexibility index (Phi) is 11.6. The lowest BCUT2D eigenvalue weighted by Gasteiger charge is -2.29. The van der Waals surface area contributed by atoms with Gasteiger partial charge in [-0.3, -0.25) is 4.79 Å². The first kappa shape index (κ1) is 31.5. The van der Waals surface area contributed by atoms with Crippen molar-refractivity contribution >= 4 is 17.3 Å². The number of benzene rings is 2. The van der Waals surface area contributed by atoms with E-state index in [0.717, 1.165) is 11.3 Å². The maximum atomic E-state index is 13.0. The fourth-order valence-corrected chi connectivity index (χ4v) is 3.65. The van der Waals surface area contributed by atoms with Crippen LogP contribution >= 0.6 is 0 Å². The van der Waals surface area contributed by atoms with Gasteiger partial charge in [-0.05, 0) is 49.5 Å². The van der Waals surface area contributed by atoms with Gasteiger partial charge in [0.15, 0.2) is 5.84 Å². The van der Waals surface area contributed by atoms with Crippen molar-refractivity contribution < 1.29 is 35.9 Å². The first-order chi connectivity index (χ1) is 18.3. The number of alkyl halides is 6. The highest BCUT2D eigenvalue weighted by molar-refractivity contribution is 6.26. The number of carbonyl (C=O) groups is 1. The van der Waals surface area contributed by atoms with Gasteiger partial charge in [-0.2, -0.15) is 26.3 Å². The third-order valence-electron chi connectivity index (χ3n) is 5.60. The molecular formula is C26H31F6N5O2. The highest BCUT2D eigenvalue weighted by atomic mass is 19.4. The molecule has 1 heterocycles. The van der Waals surface area contributed by atoms with Crippen LogP contribution in [0.5, 0.6) is 5.75 Å². The van der Waals surface area contributed by atoms with Crippen molar-refractivity contribution in [1.82, 2.24) is 10.9 Å². The molecule has 3 rings (SSSR count). The van der Waals surface area contributed by atoms with Crippen molar-refractivity contribution in [2.24, 2.45) is 16.7 Å². The first-order valence-electron chi connectivity index (χ1n) is 12.0. The van der Waals surface area contributed by atoms with Crippen LogP contribution in [0.4, 0.5) is 26.3 Å². The van der Waals surface area contributed by atoms with Crippen LogP contribution in [0.25, 0.3) is 5.57 Å². The third kappa shape index (κ3) is 10.9. The second-order valence-electron chi connectivity index (χ2n) is 8.70. The summed E-state index contributed by atoms with van der Waals surface area (Å²) in [6.45, 7) is 2.32. The molecule has 1 atom stereocenters. The summed E-state index contributed by atoms with van der Waals surface area (Å²) in [5, 5.41) is 5.41. The van der Waals surface area contributed by atoms with E-state index < -0.39 is 37.1 Å². The van der Waals surface area contributed by atoms with E-state index in [0.29, 0.717) is 25.0 Å². The Labute approximate surface area is 222 Å². The molecule has 2 aromatic carbocycles. The van der Waals surface area contributed by atoms with Crippen molar-refractivity contribution in [2.75, 3.05) is 6.61 Å². The van der Waals surface area contributed by atoms with Gasteiger partial charge in [-0.25, -0.2) is 11.4 Å². The Bertz CT molecular complexity index is 1120. The van der Waals surface area contributed by atoms with Gasteiger partial charge in [0.25, 0.3) is 5.91 Å². The lowest BCUT2D eigenvalue weighted by molar-refractivity contribution is -0.160. The number of hydrazone groups is 1. The van der Waals surface area contributed by atoms with E-state index in [9.17, 15) is 31.1 Å². The van der Waals surface area contributed by atoms with Gasteiger partial charge in [0, 0.05) is 12.8 Å². The standard InChI is InChI=1S/C14H16F3N5O.C12H15F3O/c1-7-2-4-8(5-3-7)9-6-10(14(15,16)17)20-13(23)11(9)12(18)21-22-19;13-12(14,15)9-5-2-6-10-16-11-7-3-1-4-8-11/h2-5,10,22H,6,19H2,1H3,(H2,18,21)(H,20,23);1,3-4,7-8H,2,5-6,9-10H2. The number of amidine groups is 1. The smallest absolute Gasteiger partial charge is 0.408 e. The molecule has 0 aromatic heterocycles. The van der Waals surface area contributed by atoms with E-state index in [2.05, 4.69) is 5.10 Å². The minimum Gasteiger partial charge on any atom is -0.494 e. The van der Waals surface area contributed by atoms with Gasteiger partial charge in [0.1, 0.15) is 11.8 Å². The molecule has 0 spiro atoms. The van der Waals surface area contributed by atoms with Crippen LogP contribution in [0.2, 0.25) is 0 Å². The van der Waals surface area contributed by atoms with Crippen molar-refractivity contribution in [2.45, 2.75) is 57.4 Å². The van der Waals surface area contributed by atoms with Crippen LogP contribution in [-0.2, 0) is 4.79 Å². The molecule has 7 nitrogen and oxygen atoms in total. The molecule has 0 fully saturated rings. The number of unbranched alkanes of at least 4 members (excludes halogenated alkanes) is 2. The molecule has 214 valence electrons. The average molecular weight is 560 g/mol. The van der Waals surface area contributed by atoms with Crippen molar-refractivity contribution in [3.63, 3.8) is 0 Å². The van der Waals surface area contributed by atoms with Crippen LogP contribution in [0.1, 0.15) is 43.2 Å². The summed E-state index contributed by atoms with van der Waals surface area (Å²) in [5.74, 6) is 4.58. The normalized spacial score (nSPS) is 16.3. The Morgan fingerprint density at radius 1 is 1.03 bits per heavy atom. The largest absolute Gasteiger partial charge is 0.494 e. The fraction of sp³-hybridized carbons (Fsp3) is 0.385. The van der Waals surface area contributed by atoms with E-state index in [-0.39, 0.29) is 23.4 Å². The maximum absolute atomic E-state index is 13.0. The molecule has 0 aliphatic carbocycles. The van der Waals surface area contributed by atoms with E-state index in [1.165, 1.54) is 0 Å². The quantitative estimate of drug-likeness (QED) is 0.0850. The van der Waals surface area contributed by atoms with Crippen molar-refractivity contribution in [3.05, 3.63) is 71.3 Å². The number of hydrazine groups is 1. The SMILES string of the molecule is Cc1ccc(C2=C(/C(N)=N/NN)C(=O)NC(C(F)(F)F)C2)cc1.FC(F)(F)CCCCCOc1ccccc1. The molecule has 39 heavy (non-hydrogen) atoms. The van der Waals surface area contributed by atoms with Crippen LogP contribution < -0.4 is 27.2 Å². The lowest BCUT2D eigenvalue weighted by Crippen LogP contribution is -2.50. The summed E-state index contributed by atoms with van der Waals surface area (Å²) < 4.78 is 79.8. The molecule has 1 aliphatic rings. The third-order valence-corrected chi connectivity index (χ3v) is 5.60. The number of para-hydroxylation sites is 1. The number of halogens is 6. The van der Waals surface area contributed by atoms with Crippen molar-refractivity contribution in [3.8, 4) is 5.75 Å². The Morgan fingerprint density at radius 2 is 1.67 bits per heavy atom. The molecule has 1 unspecified atom stereocenters. The summed E-state index contributed by atoms with van der Waals surface area (Å²) in [6.07, 6.45) is -8.33. The highest BCUT2D eigenvalue weighted by Gasteiger charge is 2.45. The number of ether oxygens (including phenoxy) is 1. The topological polar surface area (TPSA) is 115 Å². The van der Waals surface area contributed by atoms with Crippen LogP contribution in [0, 0.1) is 6.92 Å². The van der Waals surface area contributed by atoms with E-state index in [1.54, 1.807) is 24.3 Å². The zero-order valence-electron chi connectivity index (χ0n) is 21.2. The molecule has 0 radical (unpaired) electrons. The maximum Gasteiger partial charge on any atom is 0.408 e. The van der Waals surface area contributed by atoms with Gasteiger partial charge >= 0.3 is 12.4 Å². The molecule has 13 heteroatoms. The number of amides is 1. The molecule has 1 aliphatic heterocycles. The predicted octanol–water partition coefficient (Wildman–Crippen LogP) is 5.12. The minimum atomic E-state index is -4.56. The predicted molar refractivity (Wildman–Crippen MR) is 136 cm³/mol. The van der Waals surface area contributed by atoms with Crippen molar-refractivity contribution in [1.29, 1.82) is 0 Å². The summed E-state index contributed by atoms with van der Waals surface area (Å²) >= 11 is 0.